The van der Waals surface area contributed by atoms with Gasteiger partial charge >= 0.3 is 0 Å². The maximum absolute atomic E-state index is 12.4. The highest BCUT2D eigenvalue weighted by Crippen LogP contribution is 2.16. The Morgan fingerprint density at radius 1 is 1.23 bits per heavy atom. The number of hydrogen-bond acceptors (Lipinski definition) is 5. The number of hydrogen-bond donors (Lipinski definition) is 2. The van der Waals surface area contributed by atoms with E-state index in [0.717, 1.165) is 11.3 Å². The minimum atomic E-state index is -3.75. The van der Waals surface area contributed by atoms with Gasteiger partial charge in [0.25, 0.3) is 0 Å². The summed E-state index contributed by atoms with van der Waals surface area (Å²) in [5.41, 5.74) is 1.54. The first-order chi connectivity index (χ1) is 12.2. The molecule has 0 aliphatic rings. The lowest BCUT2D eigenvalue weighted by Gasteiger charge is -2.24. The molecule has 0 spiro atoms. The fourth-order valence-corrected chi connectivity index (χ4v) is 2.89. The average Bonchev–Trinajstić information content (AvgIpc) is 2.60. The summed E-state index contributed by atoms with van der Waals surface area (Å²) in [6.07, 6.45) is 0. The van der Waals surface area contributed by atoms with E-state index in [1.165, 1.54) is 24.3 Å². The van der Waals surface area contributed by atoms with Gasteiger partial charge in [-0.25, -0.2) is 13.6 Å². The monoisotopic (exact) mass is 377 g/mol. The van der Waals surface area contributed by atoms with Crippen molar-refractivity contribution in [1.82, 2.24) is 4.90 Å². The highest BCUT2D eigenvalue weighted by Gasteiger charge is 2.18. The molecule has 0 aliphatic heterocycles. The molecule has 3 N–H and O–H groups in total. The zero-order chi connectivity index (χ0) is 19.3. The van der Waals surface area contributed by atoms with E-state index in [4.69, 9.17) is 9.88 Å². The second-order valence-corrected chi connectivity index (χ2v) is 7.56. The van der Waals surface area contributed by atoms with Crippen molar-refractivity contribution >= 4 is 21.6 Å². The van der Waals surface area contributed by atoms with Gasteiger partial charge < -0.3 is 10.1 Å². The second kappa shape index (κ2) is 8.31. The second-order valence-electron chi connectivity index (χ2n) is 6.00. The number of benzene rings is 2. The summed E-state index contributed by atoms with van der Waals surface area (Å²) >= 11 is 0. The summed E-state index contributed by atoms with van der Waals surface area (Å²) in [6, 6.07) is 13.0. The fraction of sp³-hybridized carbons (Fsp3) is 0.278. The Morgan fingerprint density at radius 3 is 2.46 bits per heavy atom. The number of primary sulfonamides is 1. The van der Waals surface area contributed by atoms with E-state index in [9.17, 15) is 13.2 Å². The van der Waals surface area contributed by atoms with Crippen LogP contribution in [0.1, 0.15) is 12.5 Å². The van der Waals surface area contributed by atoms with E-state index in [1.807, 2.05) is 36.2 Å². The van der Waals surface area contributed by atoms with Gasteiger partial charge in [-0.05, 0) is 55.9 Å². The van der Waals surface area contributed by atoms with Crippen molar-refractivity contribution < 1.29 is 17.9 Å². The molecule has 7 nitrogen and oxygen atoms in total. The molecule has 1 amide bonds. The van der Waals surface area contributed by atoms with Crippen LogP contribution in [0.15, 0.2) is 53.4 Å². The number of nitrogens with two attached hydrogens (primary N) is 1. The number of likely N-dealkylation sites (N-methyl/N-ethyl adjacent to an activating group) is 1. The van der Waals surface area contributed by atoms with Crippen molar-refractivity contribution in [1.29, 1.82) is 0 Å². The third kappa shape index (κ3) is 5.29. The number of sulfonamides is 1. The van der Waals surface area contributed by atoms with Crippen LogP contribution in [-0.2, 0) is 21.4 Å². The number of ether oxygens (including phenoxy) is 1. The van der Waals surface area contributed by atoms with Crippen molar-refractivity contribution in [2.45, 2.75) is 24.4 Å². The Labute approximate surface area is 153 Å². The van der Waals surface area contributed by atoms with E-state index in [2.05, 4.69) is 5.32 Å². The van der Waals surface area contributed by atoms with Crippen LogP contribution in [0.4, 0.5) is 5.69 Å². The van der Waals surface area contributed by atoms with Crippen LogP contribution in [0.25, 0.3) is 0 Å². The minimum Gasteiger partial charge on any atom is -0.497 e. The van der Waals surface area contributed by atoms with Crippen LogP contribution in [0.3, 0.4) is 0 Å². The van der Waals surface area contributed by atoms with E-state index in [0.29, 0.717) is 12.2 Å². The number of anilines is 1. The molecule has 0 heterocycles. The molecule has 0 radical (unpaired) electrons. The number of methoxy groups -OCH3 is 1. The summed E-state index contributed by atoms with van der Waals surface area (Å²) < 4.78 is 27.7. The third-order valence-corrected chi connectivity index (χ3v) is 4.99. The fourth-order valence-electron chi connectivity index (χ4n) is 2.37. The molecule has 0 bridgehead atoms. The Kier molecular flexibility index (Phi) is 6.36. The van der Waals surface area contributed by atoms with Gasteiger partial charge in [0, 0.05) is 12.2 Å². The van der Waals surface area contributed by atoms with Gasteiger partial charge in [-0.2, -0.15) is 0 Å². The third-order valence-electron chi connectivity index (χ3n) is 4.06. The summed E-state index contributed by atoms with van der Waals surface area (Å²) in [4.78, 5) is 14.3. The standard InChI is InChI=1S/C18H23N3O4S/c1-13(21(2)12-14-5-4-6-16(11-14)25-3)18(22)20-15-7-9-17(10-8-15)26(19,23)24/h4-11,13H,12H2,1-3H3,(H,20,22)(H2,19,23,24)/t13-/m0/s1. The Balaban J connectivity index is 1.99. The summed E-state index contributed by atoms with van der Waals surface area (Å²) in [6.45, 7) is 2.38. The molecule has 0 aromatic heterocycles. The number of nitrogens with zero attached hydrogens (tertiary/aromatic N) is 1. The molecule has 2 rings (SSSR count). The van der Waals surface area contributed by atoms with Crippen molar-refractivity contribution in [2.24, 2.45) is 5.14 Å². The average molecular weight is 377 g/mol. The predicted octanol–water partition coefficient (Wildman–Crippen LogP) is 1.80. The van der Waals surface area contributed by atoms with Gasteiger partial charge in [-0.1, -0.05) is 12.1 Å². The highest BCUT2D eigenvalue weighted by molar-refractivity contribution is 7.89. The van der Waals surface area contributed by atoms with E-state index in [1.54, 1.807) is 14.0 Å². The van der Waals surface area contributed by atoms with Gasteiger partial charge in [-0.3, -0.25) is 9.69 Å². The van der Waals surface area contributed by atoms with Crippen LogP contribution in [-0.4, -0.2) is 39.4 Å². The molecule has 8 heteroatoms. The van der Waals surface area contributed by atoms with Gasteiger partial charge in [-0.15, -0.1) is 0 Å². The number of rotatable bonds is 7. The molecule has 0 unspecified atom stereocenters. The van der Waals surface area contributed by atoms with Gasteiger partial charge in [0.05, 0.1) is 18.0 Å². The Bertz CT molecular complexity index is 866. The lowest BCUT2D eigenvalue weighted by atomic mass is 10.1. The number of carbonyl (C=O) groups is 1. The van der Waals surface area contributed by atoms with Gasteiger partial charge in [0.2, 0.25) is 15.9 Å². The highest BCUT2D eigenvalue weighted by atomic mass is 32.2. The SMILES string of the molecule is COc1cccc(CN(C)[C@@H](C)C(=O)Nc2ccc(S(N)(=O)=O)cc2)c1. The molecule has 0 saturated carbocycles. The molecule has 0 fully saturated rings. The van der Waals surface area contributed by atoms with Crippen molar-refractivity contribution in [2.75, 3.05) is 19.5 Å². The van der Waals surface area contributed by atoms with Gasteiger partial charge in [0.15, 0.2) is 0 Å². The normalized spacial score (nSPS) is 12.7. The first-order valence-electron chi connectivity index (χ1n) is 7.97. The number of amides is 1. The molecule has 140 valence electrons. The molecular weight excluding hydrogens is 354 g/mol. The lowest BCUT2D eigenvalue weighted by Crippen LogP contribution is -2.39. The zero-order valence-electron chi connectivity index (χ0n) is 15.0. The molecule has 2 aromatic rings. The molecule has 0 aliphatic carbocycles. The summed E-state index contributed by atoms with van der Waals surface area (Å²) in [7, 11) is -0.283. The van der Waals surface area contributed by atoms with Crippen LogP contribution >= 0.6 is 0 Å². The first kappa shape index (κ1) is 19.9. The predicted molar refractivity (Wildman–Crippen MR) is 100 cm³/mol. The van der Waals surface area contributed by atoms with Crippen LogP contribution < -0.4 is 15.2 Å². The van der Waals surface area contributed by atoms with Crippen molar-refractivity contribution in [3.05, 3.63) is 54.1 Å². The van der Waals surface area contributed by atoms with E-state index >= 15 is 0 Å². The minimum absolute atomic E-state index is 0.00121. The van der Waals surface area contributed by atoms with Crippen LogP contribution in [0, 0.1) is 0 Å². The number of carbonyl (C=O) groups excluding carboxylic acids is 1. The van der Waals surface area contributed by atoms with Crippen LogP contribution in [0.5, 0.6) is 5.75 Å². The summed E-state index contributed by atoms with van der Waals surface area (Å²) in [5.74, 6) is 0.571. The quantitative estimate of drug-likeness (QED) is 0.766. The molecule has 0 saturated heterocycles. The molecule has 1 atom stereocenters. The van der Waals surface area contributed by atoms with Gasteiger partial charge in [0.1, 0.15) is 5.75 Å². The largest absolute Gasteiger partial charge is 0.497 e. The lowest BCUT2D eigenvalue weighted by molar-refractivity contribution is -0.120. The number of nitrogens with one attached hydrogen (secondary N) is 1. The molecule has 2 aromatic carbocycles. The maximum atomic E-state index is 12.4. The van der Waals surface area contributed by atoms with Crippen molar-refractivity contribution in [3.8, 4) is 5.75 Å². The molecule has 26 heavy (non-hydrogen) atoms. The molecular formula is C18H23N3O4S. The van der Waals surface area contributed by atoms with Crippen molar-refractivity contribution in [3.63, 3.8) is 0 Å². The van der Waals surface area contributed by atoms with Crippen LogP contribution in [0.2, 0.25) is 0 Å². The Hall–Kier alpha value is -2.42. The zero-order valence-corrected chi connectivity index (χ0v) is 15.8. The van der Waals surface area contributed by atoms with E-state index < -0.39 is 10.0 Å². The summed E-state index contributed by atoms with van der Waals surface area (Å²) in [5, 5.41) is 7.83. The van der Waals surface area contributed by atoms with E-state index in [-0.39, 0.29) is 16.8 Å². The first-order valence-corrected chi connectivity index (χ1v) is 9.52. The Morgan fingerprint density at radius 2 is 1.88 bits per heavy atom. The smallest absolute Gasteiger partial charge is 0.241 e. The topological polar surface area (TPSA) is 102 Å². The maximum Gasteiger partial charge on any atom is 0.241 e.